The zero-order valence-electron chi connectivity index (χ0n) is 12.9. The molecule has 1 aromatic heterocycles. The van der Waals surface area contributed by atoms with Crippen LogP contribution < -0.4 is 4.57 Å². The van der Waals surface area contributed by atoms with E-state index in [1.165, 1.54) is 0 Å². The average molecular weight is 334 g/mol. The zero-order valence-corrected chi connectivity index (χ0v) is 13.7. The van der Waals surface area contributed by atoms with Crippen LogP contribution in [-0.2, 0) is 22.6 Å². The Morgan fingerprint density at radius 3 is 2.96 bits per heavy atom. The van der Waals surface area contributed by atoms with E-state index in [0.717, 1.165) is 16.2 Å². The number of carbonyl (C=O) groups excluding carboxylic acids is 1. The minimum atomic E-state index is -0.341. The first-order chi connectivity index (χ1) is 11.2. The molecule has 1 N–H and O–H groups in total. The number of aromatic nitrogens is 2. The molecule has 6 nitrogen and oxygen atoms in total. The summed E-state index contributed by atoms with van der Waals surface area (Å²) in [4.78, 5) is 14.5. The Balaban J connectivity index is 1.70. The maximum atomic E-state index is 12.6. The Morgan fingerprint density at radius 1 is 1.35 bits per heavy atom. The quantitative estimate of drug-likeness (QED) is 0.800. The summed E-state index contributed by atoms with van der Waals surface area (Å²) in [5, 5.41) is 11.0. The number of para-hydroxylation sites is 2. The molecule has 7 heteroatoms. The Hall–Kier alpha value is -1.57. The highest BCUT2D eigenvalue weighted by atomic mass is 32.2. The maximum Gasteiger partial charge on any atom is 0.319 e. The van der Waals surface area contributed by atoms with Crippen LogP contribution in [0.25, 0.3) is 11.0 Å². The van der Waals surface area contributed by atoms with Crippen molar-refractivity contribution in [2.75, 3.05) is 32.1 Å². The largest absolute Gasteiger partial charge is 0.388 e. The van der Waals surface area contributed by atoms with Gasteiger partial charge in [-0.3, -0.25) is 4.79 Å². The number of aliphatic hydroxyl groups excluding tert-OH is 1. The number of ether oxygens (including phenoxy) is 1. The molecule has 0 bridgehead atoms. The molecule has 0 unspecified atom stereocenters. The van der Waals surface area contributed by atoms with Gasteiger partial charge in [-0.15, -0.1) is 0 Å². The first kappa shape index (κ1) is 15.0. The third-order valence-corrected chi connectivity index (χ3v) is 5.63. The van der Waals surface area contributed by atoms with Gasteiger partial charge in [-0.05, 0) is 23.9 Å². The number of amides is 1. The summed E-state index contributed by atoms with van der Waals surface area (Å²) in [6, 6.07) is 8.08. The number of hydrogen-bond acceptors (Lipinski definition) is 4. The van der Waals surface area contributed by atoms with E-state index in [-0.39, 0.29) is 12.0 Å². The highest BCUT2D eigenvalue weighted by Crippen LogP contribution is 2.26. The van der Waals surface area contributed by atoms with Gasteiger partial charge in [-0.1, -0.05) is 12.1 Å². The van der Waals surface area contributed by atoms with E-state index in [1.807, 2.05) is 29.2 Å². The first-order valence-electron chi connectivity index (χ1n) is 7.91. The van der Waals surface area contributed by atoms with Crippen molar-refractivity contribution in [2.45, 2.75) is 24.3 Å². The van der Waals surface area contributed by atoms with Gasteiger partial charge in [0.1, 0.15) is 12.6 Å². The third kappa shape index (κ3) is 2.73. The van der Waals surface area contributed by atoms with Crippen molar-refractivity contribution in [3.05, 3.63) is 24.3 Å². The number of benzene rings is 1. The van der Waals surface area contributed by atoms with Gasteiger partial charge < -0.3 is 14.7 Å². The second kappa shape index (κ2) is 6.14. The average Bonchev–Trinajstić information content (AvgIpc) is 2.89. The highest BCUT2D eigenvalue weighted by Gasteiger charge is 2.33. The summed E-state index contributed by atoms with van der Waals surface area (Å²) in [6.45, 7) is 3.49. The molecular weight excluding hydrogens is 314 g/mol. The van der Waals surface area contributed by atoms with E-state index in [9.17, 15) is 9.90 Å². The zero-order chi connectivity index (χ0) is 15.8. The topological polar surface area (TPSA) is 58.6 Å². The molecule has 1 fully saturated rings. The summed E-state index contributed by atoms with van der Waals surface area (Å²) >= 11 is 1.62. The predicted octanol–water partition coefficient (Wildman–Crippen LogP) is 0.254. The monoisotopic (exact) mass is 334 g/mol. The molecule has 1 atom stereocenters. The van der Waals surface area contributed by atoms with Gasteiger partial charge in [0.25, 0.3) is 5.91 Å². The fourth-order valence-corrected chi connectivity index (χ4v) is 4.33. The SMILES string of the molecule is O=C(Cn1c2[n+](c3ccccc31)C[C@H](O)CS2)N1CCOCC1. The van der Waals surface area contributed by atoms with Crippen LogP contribution in [0.1, 0.15) is 0 Å². The lowest BCUT2D eigenvalue weighted by Crippen LogP contribution is -2.46. The van der Waals surface area contributed by atoms with Crippen LogP contribution in [0.5, 0.6) is 0 Å². The molecule has 3 heterocycles. The fourth-order valence-electron chi connectivity index (χ4n) is 3.24. The van der Waals surface area contributed by atoms with E-state index in [0.29, 0.717) is 45.1 Å². The second-order valence-electron chi connectivity index (χ2n) is 5.93. The van der Waals surface area contributed by atoms with Crippen LogP contribution >= 0.6 is 11.8 Å². The van der Waals surface area contributed by atoms with Crippen LogP contribution in [0, 0.1) is 0 Å². The van der Waals surface area contributed by atoms with Gasteiger partial charge in [0.15, 0.2) is 17.6 Å². The van der Waals surface area contributed by atoms with Crippen molar-refractivity contribution in [1.29, 1.82) is 0 Å². The van der Waals surface area contributed by atoms with Crippen LogP contribution in [0.3, 0.4) is 0 Å². The number of hydrogen-bond donors (Lipinski definition) is 1. The standard InChI is InChI=1S/C16H20N3O3S/c20-12-9-18-13-3-1-2-4-14(13)19(16(18)23-11-12)10-15(21)17-5-7-22-8-6-17/h1-4,12,20H,5-11H2/q+1/t12-/m0/s1. The highest BCUT2D eigenvalue weighted by molar-refractivity contribution is 7.99. The summed E-state index contributed by atoms with van der Waals surface area (Å²) in [6.07, 6.45) is -0.341. The van der Waals surface area contributed by atoms with Crippen LogP contribution in [0.15, 0.2) is 29.4 Å². The third-order valence-electron chi connectivity index (χ3n) is 4.38. The summed E-state index contributed by atoms with van der Waals surface area (Å²) < 4.78 is 9.53. The lowest BCUT2D eigenvalue weighted by atomic mass is 10.3. The molecule has 2 aliphatic heterocycles. The lowest BCUT2D eigenvalue weighted by molar-refractivity contribution is -0.717. The first-order valence-corrected chi connectivity index (χ1v) is 8.90. The molecule has 2 aromatic rings. The number of fused-ring (bicyclic) bond motifs is 3. The van der Waals surface area contributed by atoms with Gasteiger partial charge >= 0.3 is 5.16 Å². The van der Waals surface area contributed by atoms with E-state index >= 15 is 0 Å². The van der Waals surface area contributed by atoms with Crippen LogP contribution in [0.4, 0.5) is 0 Å². The van der Waals surface area contributed by atoms with E-state index in [1.54, 1.807) is 11.8 Å². The van der Waals surface area contributed by atoms with Gasteiger partial charge in [0, 0.05) is 18.8 Å². The Bertz CT molecular complexity index is 739. The summed E-state index contributed by atoms with van der Waals surface area (Å²) in [5.41, 5.74) is 2.12. The lowest BCUT2D eigenvalue weighted by Gasteiger charge is -2.26. The normalized spacial score (nSPS) is 21.4. The van der Waals surface area contributed by atoms with E-state index in [4.69, 9.17) is 4.74 Å². The number of rotatable bonds is 2. The number of carbonyl (C=O) groups is 1. The molecule has 2 aliphatic rings. The van der Waals surface area contributed by atoms with Crippen molar-refractivity contribution < 1.29 is 19.2 Å². The van der Waals surface area contributed by atoms with Gasteiger partial charge in [-0.25, -0.2) is 9.13 Å². The molecule has 4 rings (SSSR count). The van der Waals surface area contributed by atoms with Gasteiger partial charge in [0.05, 0.1) is 13.2 Å². The van der Waals surface area contributed by atoms with Crippen molar-refractivity contribution in [2.24, 2.45) is 0 Å². The minimum Gasteiger partial charge on any atom is -0.388 e. The molecule has 23 heavy (non-hydrogen) atoms. The van der Waals surface area contributed by atoms with Crippen molar-refractivity contribution >= 4 is 28.7 Å². The van der Waals surface area contributed by atoms with Gasteiger partial charge in [-0.2, -0.15) is 0 Å². The molecule has 1 amide bonds. The molecule has 0 radical (unpaired) electrons. The Labute approximate surface area is 138 Å². The smallest absolute Gasteiger partial charge is 0.319 e. The predicted molar refractivity (Wildman–Crippen MR) is 86.3 cm³/mol. The summed E-state index contributed by atoms with van der Waals surface area (Å²) in [5.74, 6) is 0.798. The number of aliphatic hydroxyl groups is 1. The number of morpholine rings is 1. The van der Waals surface area contributed by atoms with Crippen LogP contribution in [0.2, 0.25) is 0 Å². The molecule has 0 aliphatic carbocycles. The Kier molecular flexibility index (Phi) is 4.00. The minimum absolute atomic E-state index is 0.129. The number of thioether (sulfide) groups is 1. The van der Waals surface area contributed by atoms with Crippen molar-refractivity contribution in [3.63, 3.8) is 0 Å². The van der Waals surface area contributed by atoms with Crippen molar-refractivity contribution in [3.8, 4) is 0 Å². The molecule has 0 saturated carbocycles. The maximum absolute atomic E-state index is 12.6. The molecular formula is C16H20N3O3S+. The summed E-state index contributed by atoms with van der Waals surface area (Å²) in [7, 11) is 0. The molecule has 1 aromatic carbocycles. The molecule has 1 saturated heterocycles. The Morgan fingerprint density at radius 2 is 2.13 bits per heavy atom. The van der Waals surface area contributed by atoms with Crippen LogP contribution in [-0.4, -0.2) is 58.6 Å². The van der Waals surface area contributed by atoms with E-state index in [2.05, 4.69) is 9.13 Å². The van der Waals surface area contributed by atoms with E-state index < -0.39 is 0 Å². The molecule has 122 valence electrons. The fraction of sp³-hybridized carbons (Fsp3) is 0.500. The second-order valence-corrected chi connectivity index (χ2v) is 6.91. The number of imidazole rings is 1. The van der Waals surface area contributed by atoms with Crippen molar-refractivity contribution in [1.82, 2.24) is 9.47 Å². The molecule has 0 spiro atoms. The van der Waals surface area contributed by atoms with Gasteiger partial charge in [0.2, 0.25) is 0 Å². The number of nitrogens with zero attached hydrogens (tertiary/aromatic N) is 3.